The van der Waals surface area contributed by atoms with Crippen LogP contribution in [0.4, 0.5) is 8.78 Å². The first kappa shape index (κ1) is 17.3. The molecule has 1 fully saturated rings. The van der Waals surface area contributed by atoms with Crippen LogP contribution in [0.2, 0.25) is 0 Å². The van der Waals surface area contributed by atoms with Gasteiger partial charge in [0.25, 0.3) is 0 Å². The highest BCUT2D eigenvalue weighted by molar-refractivity contribution is 5.76. The van der Waals surface area contributed by atoms with Crippen molar-refractivity contribution in [1.29, 1.82) is 0 Å². The summed E-state index contributed by atoms with van der Waals surface area (Å²) in [6, 6.07) is 4.50. The average Bonchev–Trinajstić information content (AvgIpc) is 3.43. The van der Waals surface area contributed by atoms with Crippen molar-refractivity contribution in [3.63, 3.8) is 0 Å². The summed E-state index contributed by atoms with van der Waals surface area (Å²) in [6.45, 7) is 1.37. The number of nitrogens with one attached hydrogen (secondary N) is 1. The zero-order chi connectivity index (χ0) is 19.1. The first-order chi connectivity index (χ1) is 12.9. The highest BCUT2D eigenvalue weighted by Gasteiger charge is 2.29. The Morgan fingerprint density at radius 1 is 1.30 bits per heavy atom. The Kier molecular flexibility index (Phi) is 4.21. The fourth-order valence-electron chi connectivity index (χ4n) is 3.01. The molecule has 2 aromatic heterocycles. The van der Waals surface area contributed by atoms with Gasteiger partial charge in [-0.2, -0.15) is 0 Å². The van der Waals surface area contributed by atoms with Crippen LogP contribution in [0, 0.1) is 11.6 Å². The molecular formula is C18H17F2N5O2. The quantitative estimate of drug-likeness (QED) is 0.741. The van der Waals surface area contributed by atoms with Crippen molar-refractivity contribution in [3.8, 4) is 0 Å². The number of rotatable bonds is 5. The standard InChI is InChI=1S/C18H17F2N5O2/c1-10(12-4-5-13(19)14(20)8-12)22-16(26)9-24-18(27)25-15(23-24)6-7-21-17(25)11-2-3-11/h4-8,10-11H,2-3,9H2,1H3,(H,22,26)/t10-/m0/s1. The molecule has 0 spiro atoms. The molecule has 0 aliphatic heterocycles. The summed E-state index contributed by atoms with van der Waals surface area (Å²) < 4.78 is 28.9. The van der Waals surface area contributed by atoms with Gasteiger partial charge in [0.2, 0.25) is 5.91 Å². The normalized spacial score (nSPS) is 15.1. The molecule has 27 heavy (non-hydrogen) atoms. The maximum Gasteiger partial charge on any atom is 0.352 e. The second kappa shape index (κ2) is 6.57. The van der Waals surface area contributed by atoms with Gasteiger partial charge in [-0.1, -0.05) is 6.07 Å². The van der Waals surface area contributed by atoms with Crippen molar-refractivity contribution >= 4 is 11.6 Å². The number of fused-ring (bicyclic) bond motifs is 1. The van der Waals surface area contributed by atoms with Gasteiger partial charge in [0, 0.05) is 18.2 Å². The molecular weight excluding hydrogens is 356 g/mol. The molecule has 1 amide bonds. The number of benzene rings is 1. The SMILES string of the molecule is C[C@H](NC(=O)Cn1nc2ccnc(C3CC3)n2c1=O)c1ccc(F)c(F)c1. The maximum atomic E-state index is 13.4. The lowest BCUT2D eigenvalue weighted by Gasteiger charge is -2.14. The molecule has 0 bridgehead atoms. The summed E-state index contributed by atoms with van der Waals surface area (Å²) in [6.07, 6.45) is 3.57. The van der Waals surface area contributed by atoms with Gasteiger partial charge in [0.05, 0.1) is 6.04 Å². The van der Waals surface area contributed by atoms with Crippen molar-refractivity contribution in [2.45, 2.75) is 38.3 Å². The second-order valence-electron chi connectivity index (χ2n) is 6.67. The lowest BCUT2D eigenvalue weighted by Crippen LogP contribution is -2.34. The lowest BCUT2D eigenvalue weighted by atomic mass is 10.1. The molecule has 1 saturated carbocycles. The van der Waals surface area contributed by atoms with Crippen molar-refractivity contribution in [3.05, 3.63) is 64.0 Å². The molecule has 7 nitrogen and oxygen atoms in total. The van der Waals surface area contributed by atoms with Crippen LogP contribution >= 0.6 is 0 Å². The van der Waals surface area contributed by atoms with E-state index in [9.17, 15) is 18.4 Å². The summed E-state index contributed by atoms with van der Waals surface area (Å²) in [4.78, 5) is 29.2. The van der Waals surface area contributed by atoms with E-state index < -0.39 is 29.3 Å². The van der Waals surface area contributed by atoms with Gasteiger partial charge in [-0.05, 0) is 37.5 Å². The molecule has 9 heteroatoms. The first-order valence-corrected chi connectivity index (χ1v) is 8.63. The molecule has 0 radical (unpaired) electrons. The third-order valence-corrected chi connectivity index (χ3v) is 4.58. The minimum atomic E-state index is -0.981. The summed E-state index contributed by atoms with van der Waals surface area (Å²) >= 11 is 0. The molecule has 1 aromatic carbocycles. The number of hydrogen-bond acceptors (Lipinski definition) is 4. The van der Waals surface area contributed by atoms with Crippen molar-refractivity contribution < 1.29 is 13.6 Å². The van der Waals surface area contributed by atoms with Crippen LogP contribution in [0.3, 0.4) is 0 Å². The average molecular weight is 373 g/mol. The van der Waals surface area contributed by atoms with E-state index in [0.717, 1.165) is 29.7 Å². The summed E-state index contributed by atoms with van der Waals surface area (Å²) in [5.74, 6) is -1.47. The van der Waals surface area contributed by atoms with Crippen molar-refractivity contribution in [2.24, 2.45) is 0 Å². The monoisotopic (exact) mass is 373 g/mol. The summed E-state index contributed by atoms with van der Waals surface area (Å²) in [5.41, 5.74) is 0.443. The molecule has 1 atom stereocenters. The number of amides is 1. The van der Waals surface area contributed by atoms with E-state index in [-0.39, 0.29) is 12.5 Å². The van der Waals surface area contributed by atoms with Crippen molar-refractivity contribution in [1.82, 2.24) is 24.5 Å². The van der Waals surface area contributed by atoms with Crippen molar-refractivity contribution in [2.75, 3.05) is 0 Å². The first-order valence-electron chi connectivity index (χ1n) is 8.63. The Labute approximate surface area is 152 Å². The van der Waals surface area contributed by atoms with Gasteiger partial charge in [-0.15, -0.1) is 5.10 Å². The van der Waals surface area contributed by atoms with Gasteiger partial charge in [0.1, 0.15) is 12.4 Å². The fourth-order valence-corrected chi connectivity index (χ4v) is 3.01. The zero-order valence-electron chi connectivity index (χ0n) is 14.5. The third-order valence-electron chi connectivity index (χ3n) is 4.58. The smallest absolute Gasteiger partial charge is 0.348 e. The van der Waals surface area contributed by atoms with Crippen LogP contribution in [0.25, 0.3) is 5.65 Å². The molecule has 1 aliphatic rings. The van der Waals surface area contributed by atoms with E-state index in [1.165, 1.54) is 10.5 Å². The number of carbonyl (C=O) groups excluding carboxylic acids is 1. The topological polar surface area (TPSA) is 81.3 Å². The van der Waals surface area contributed by atoms with Gasteiger partial charge in [-0.25, -0.2) is 27.6 Å². The highest BCUT2D eigenvalue weighted by Crippen LogP contribution is 2.38. The Hall–Kier alpha value is -3.10. The number of halogens is 2. The molecule has 3 aromatic rings. The summed E-state index contributed by atoms with van der Waals surface area (Å²) in [5, 5.41) is 6.85. The second-order valence-corrected chi connectivity index (χ2v) is 6.67. The summed E-state index contributed by atoms with van der Waals surface area (Å²) in [7, 11) is 0. The minimum Gasteiger partial charge on any atom is -0.348 e. The third kappa shape index (κ3) is 3.32. The Balaban J connectivity index is 1.52. The zero-order valence-corrected chi connectivity index (χ0v) is 14.5. The number of nitrogens with zero attached hydrogens (tertiary/aromatic N) is 4. The predicted molar refractivity (Wildman–Crippen MR) is 92.1 cm³/mol. The van der Waals surface area contributed by atoms with E-state index in [4.69, 9.17) is 0 Å². The number of carbonyl (C=O) groups is 1. The van der Waals surface area contributed by atoms with E-state index in [1.54, 1.807) is 19.2 Å². The minimum absolute atomic E-state index is 0.256. The van der Waals surface area contributed by atoms with Gasteiger partial charge < -0.3 is 5.32 Å². The fraction of sp³-hybridized carbons (Fsp3) is 0.333. The van der Waals surface area contributed by atoms with Gasteiger partial charge in [-0.3, -0.25) is 4.79 Å². The predicted octanol–water partition coefficient (Wildman–Crippen LogP) is 1.92. The molecule has 1 aliphatic carbocycles. The van der Waals surface area contributed by atoms with E-state index in [0.29, 0.717) is 17.0 Å². The molecule has 4 rings (SSSR count). The molecule has 140 valence electrons. The number of hydrogen-bond donors (Lipinski definition) is 1. The van der Waals surface area contributed by atoms with Gasteiger partial charge >= 0.3 is 5.69 Å². The van der Waals surface area contributed by atoms with Crippen LogP contribution in [0.5, 0.6) is 0 Å². The molecule has 0 unspecified atom stereocenters. The largest absolute Gasteiger partial charge is 0.352 e. The van der Waals surface area contributed by atoms with Crippen LogP contribution in [0.1, 0.15) is 43.1 Å². The molecule has 2 heterocycles. The van der Waals surface area contributed by atoms with Gasteiger partial charge in [0.15, 0.2) is 17.3 Å². The van der Waals surface area contributed by atoms with E-state index in [2.05, 4.69) is 15.4 Å². The van der Waals surface area contributed by atoms with E-state index in [1.807, 2.05) is 0 Å². The van der Waals surface area contributed by atoms with Crippen LogP contribution in [-0.4, -0.2) is 25.1 Å². The Morgan fingerprint density at radius 2 is 2.07 bits per heavy atom. The van der Waals surface area contributed by atoms with Crippen LogP contribution in [0.15, 0.2) is 35.3 Å². The van der Waals surface area contributed by atoms with E-state index >= 15 is 0 Å². The molecule has 0 saturated heterocycles. The van der Waals surface area contributed by atoms with Crippen LogP contribution < -0.4 is 11.0 Å². The lowest BCUT2D eigenvalue weighted by molar-refractivity contribution is -0.122. The Bertz CT molecular complexity index is 1090. The maximum absolute atomic E-state index is 13.4. The number of aromatic nitrogens is 4. The highest BCUT2D eigenvalue weighted by atomic mass is 19.2. The van der Waals surface area contributed by atoms with Crippen LogP contribution in [-0.2, 0) is 11.3 Å². The Morgan fingerprint density at radius 3 is 2.78 bits per heavy atom. The molecule has 1 N–H and O–H groups in total.